The van der Waals surface area contributed by atoms with Crippen LogP contribution in [-0.4, -0.2) is 39.5 Å². The molecule has 4 heterocycles. The minimum Gasteiger partial charge on any atom is -0.317 e. The Labute approximate surface area is 203 Å². The molecule has 5 rings (SSSR count). The normalized spacial score (nSPS) is 14.1. The van der Waals surface area contributed by atoms with Crippen LogP contribution in [0.4, 0.5) is 20.3 Å². The lowest BCUT2D eigenvalue weighted by atomic mass is 9.95. The molecule has 0 amide bonds. The number of aryl methyl sites for hydroxylation is 1. The largest absolute Gasteiger partial charge is 0.317 e. The lowest BCUT2D eigenvalue weighted by Gasteiger charge is -2.22. The highest BCUT2D eigenvalue weighted by Crippen LogP contribution is 2.42. The van der Waals surface area contributed by atoms with Gasteiger partial charge >= 0.3 is 0 Å². The summed E-state index contributed by atoms with van der Waals surface area (Å²) in [5, 5.41) is 4.58. The molecule has 1 aromatic carbocycles. The molecule has 9 heteroatoms. The van der Waals surface area contributed by atoms with E-state index >= 15 is 0 Å². The summed E-state index contributed by atoms with van der Waals surface area (Å²) in [5.74, 6) is 1.05. The Hall–Kier alpha value is -3.35. The van der Waals surface area contributed by atoms with Crippen LogP contribution >= 0.6 is 11.3 Å². The molecule has 0 atom stereocenters. The van der Waals surface area contributed by atoms with Crippen molar-refractivity contribution >= 4 is 32.9 Å². The molecule has 1 N–H and O–H groups in total. The zero-order chi connectivity index (χ0) is 22.9. The van der Waals surface area contributed by atoms with Crippen molar-refractivity contribution < 1.29 is 4.39 Å². The van der Waals surface area contributed by atoms with Gasteiger partial charge in [0.15, 0.2) is 10.8 Å². The number of imidazole rings is 1. The summed E-state index contributed by atoms with van der Waals surface area (Å²) in [6.45, 7) is 11.7. The second kappa shape index (κ2) is 9.87. The van der Waals surface area contributed by atoms with Crippen LogP contribution in [0.2, 0.25) is 0 Å². The molecule has 1 fully saturated rings. The zero-order valence-electron chi connectivity index (χ0n) is 18.5. The van der Waals surface area contributed by atoms with Crippen molar-refractivity contribution in [1.29, 1.82) is 0 Å². The van der Waals surface area contributed by atoms with E-state index in [4.69, 9.17) is 21.5 Å². The predicted octanol–water partition coefficient (Wildman–Crippen LogP) is 5.98. The van der Waals surface area contributed by atoms with E-state index in [1.165, 1.54) is 23.5 Å². The first-order valence-electron chi connectivity index (χ1n) is 11.0. The lowest BCUT2D eigenvalue weighted by Crippen LogP contribution is -2.27. The van der Waals surface area contributed by atoms with Crippen molar-refractivity contribution in [3.05, 3.63) is 65.3 Å². The van der Waals surface area contributed by atoms with Crippen molar-refractivity contribution in [3.63, 3.8) is 0 Å². The van der Waals surface area contributed by atoms with Crippen LogP contribution < -0.4 is 10.2 Å². The van der Waals surface area contributed by atoms with Gasteiger partial charge in [0, 0.05) is 19.2 Å². The summed E-state index contributed by atoms with van der Waals surface area (Å²) in [4.78, 5) is 20.0. The Kier molecular flexibility index (Phi) is 6.91. The molecule has 0 bridgehead atoms. The average molecular weight is 478 g/mol. The summed E-state index contributed by atoms with van der Waals surface area (Å²) in [6.07, 6.45) is 6.86. The van der Waals surface area contributed by atoms with Crippen molar-refractivity contribution in [2.45, 2.75) is 39.5 Å². The van der Waals surface area contributed by atoms with E-state index in [0.717, 1.165) is 60.8 Å². The van der Waals surface area contributed by atoms with Gasteiger partial charge in [-0.05, 0) is 50.0 Å². The summed E-state index contributed by atoms with van der Waals surface area (Å²) < 4.78 is 15.5. The van der Waals surface area contributed by atoms with Crippen molar-refractivity contribution in [3.8, 4) is 11.3 Å². The van der Waals surface area contributed by atoms with Gasteiger partial charge in [0.1, 0.15) is 11.6 Å². The van der Waals surface area contributed by atoms with E-state index < -0.39 is 0 Å². The number of rotatable bonds is 5. The number of nitrogens with zero attached hydrogens (tertiary/aromatic N) is 6. The van der Waals surface area contributed by atoms with E-state index in [1.54, 1.807) is 12.1 Å². The predicted molar refractivity (Wildman–Crippen MR) is 136 cm³/mol. The first kappa shape index (κ1) is 23.8. The van der Waals surface area contributed by atoms with Gasteiger partial charge in [-0.1, -0.05) is 26.5 Å². The number of thiazole rings is 1. The molecule has 0 aliphatic carbocycles. The number of nitrogens with one attached hydrogen (secondary N) is 1. The third kappa shape index (κ3) is 4.27. The van der Waals surface area contributed by atoms with E-state index in [-0.39, 0.29) is 13.2 Å². The van der Waals surface area contributed by atoms with Crippen molar-refractivity contribution in [2.24, 2.45) is 0 Å². The van der Waals surface area contributed by atoms with Gasteiger partial charge in [0.2, 0.25) is 0 Å². The number of anilines is 2. The molecule has 34 heavy (non-hydrogen) atoms. The molecular weight excluding hydrogens is 449 g/mol. The third-order valence-electron chi connectivity index (χ3n) is 6.09. The number of benzene rings is 1. The standard InChI is InChI=1S/C24H24FN7S.CH4/c1-4-18-23(32-14-19(28-13-20(32)29-18)15-9-11-27-12-10-15)31(3)24-30-21(22(26-2)33-24)16-5-7-17(25)8-6-16;/h5-8,13-15,27H,4,9-12H2,1,3H3;1H4. The molecule has 0 spiro atoms. The first-order chi connectivity index (χ1) is 16.1. The summed E-state index contributed by atoms with van der Waals surface area (Å²) in [5.41, 5.74) is 4.12. The van der Waals surface area contributed by atoms with Crippen LogP contribution in [0, 0.1) is 12.4 Å². The number of hydrogen-bond acceptors (Lipinski definition) is 6. The van der Waals surface area contributed by atoms with Crippen LogP contribution in [0.3, 0.4) is 0 Å². The summed E-state index contributed by atoms with van der Waals surface area (Å²) in [7, 11) is 1.95. The molecule has 7 nitrogen and oxygen atoms in total. The molecule has 0 radical (unpaired) electrons. The summed E-state index contributed by atoms with van der Waals surface area (Å²) in [6, 6.07) is 6.10. The first-order valence-corrected chi connectivity index (χ1v) is 11.9. The fourth-order valence-electron chi connectivity index (χ4n) is 4.33. The number of hydrogen-bond donors (Lipinski definition) is 1. The highest BCUT2D eigenvalue weighted by Gasteiger charge is 2.23. The van der Waals surface area contributed by atoms with Gasteiger partial charge < -0.3 is 10.2 Å². The van der Waals surface area contributed by atoms with Crippen molar-refractivity contribution in [2.75, 3.05) is 25.0 Å². The Morgan fingerprint density at radius 1 is 1.24 bits per heavy atom. The molecular formula is C25H28FN7S. The molecule has 3 aromatic heterocycles. The Bertz CT molecular complexity index is 1330. The molecule has 0 unspecified atom stereocenters. The molecule has 1 saturated heterocycles. The van der Waals surface area contributed by atoms with E-state index in [9.17, 15) is 4.39 Å². The number of aromatic nitrogens is 4. The molecule has 1 aliphatic rings. The van der Waals surface area contributed by atoms with Crippen molar-refractivity contribution in [1.82, 2.24) is 24.7 Å². The van der Waals surface area contributed by atoms with Crippen LogP contribution in [0.25, 0.3) is 21.7 Å². The van der Waals surface area contributed by atoms with Gasteiger partial charge in [-0.25, -0.2) is 19.2 Å². The Balaban J connectivity index is 0.00000274. The maximum Gasteiger partial charge on any atom is 0.270 e. The maximum absolute atomic E-state index is 13.4. The Morgan fingerprint density at radius 3 is 2.65 bits per heavy atom. The summed E-state index contributed by atoms with van der Waals surface area (Å²) >= 11 is 1.33. The van der Waals surface area contributed by atoms with Crippen LogP contribution in [0.5, 0.6) is 0 Å². The average Bonchev–Trinajstić information content (AvgIpc) is 3.46. The van der Waals surface area contributed by atoms with Gasteiger partial charge in [0.05, 0.1) is 29.9 Å². The Morgan fingerprint density at radius 2 is 1.97 bits per heavy atom. The van der Waals surface area contributed by atoms with Gasteiger partial charge in [-0.3, -0.25) is 9.38 Å². The van der Waals surface area contributed by atoms with E-state index in [2.05, 4.69) is 27.7 Å². The quantitative estimate of drug-likeness (QED) is 0.359. The fraction of sp³-hybridized carbons (Fsp3) is 0.360. The fourth-order valence-corrected chi connectivity index (χ4v) is 5.17. The molecule has 4 aromatic rings. The van der Waals surface area contributed by atoms with E-state index in [0.29, 0.717) is 21.7 Å². The topological polar surface area (TPSA) is 62.7 Å². The van der Waals surface area contributed by atoms with E-state index in [1.807, 2.05) is 18.1 Å². The van der Waals surface area contributed by atoms with Gasteiger partial charge in [0.25, 0.3) is 5.00 Å². The number of piperidine rings is 1. The zero-order valence-corrected chi connectivity index (χ0v) is 19.4. The lowest BCUT2D eigenvalue weighted by molar-refractivity contribution is 0.452. The maximum atomic E-state index is 13.4. The third-order valence-corrected chi connectivity index (χ3v) is 7.11. The molecule has 176 valence electrons. The number of halogens is 1. The van der Waals surface area contributed by atoms with Crippen LogP contribution in [-0.2, 0) is 6.42 Å². The minimum absolute atomic E-state index is 0. The molecule has 0 saturated carbocycles. The highest BCUT2D eigenvalue weighted by molar-refractivity contribution is 7.20. The second-order valence-electron chi connectivity index (χ2n) is 8.13. The SMILES string of the molecule is C.[C-]#[N+]c1sc(N(C)c2c(CC)nc3cnc(C4CCNCC4)cn23)nc1-c1ccc(F)cc1. The van der Waals surface area contributed by atoms with Gasteiger partial charge in [-0.15, -0.1) is 11.3 Å². The van der Waals surface area contributed by atoms with Gasteiger partial charge in [-0.2, -0.15) is 0 Å². The van der Waals surface area contributed by atoms with Crippen LogP contribution in [0.15, 0.2) is 36.7 Å². The van der Waals surface area contributed by atoms with Crippen LogP contribution in [0.1, 0.15) is 44.5 Å². The second-order valence-corrected chi connectivity index (χ2v) is 9.08. The minimum atomic E-state index is -0.313. The monoisotopic (exact) mass is 477 g/mol. The smallest absolute Gasteiger partial charge is 0.270 e. The highest BCUT2D eigenvalue weighted by atomic mass is 32.1. The molecule has 1 aliphatic heterocycles. The number of fused-ring (bicyclic) bond motifs is 1.